The predicted octanol–water partition coefficient (Wildman–Crippen LogP) is 1.42. The van der Waals surface area contributed by atoms with Crippen molar-refractivity contribution in [2.45, 2.75) is 12.8 Å². The molecule has 0 atom stereocenters. The monoisotopic (exact) mass is 296 g/mol. The standard InChI is InChI=1S/C13H16N2O4S/c1-19-11-5-3-2-4-10(11)15-13(20)14-8-9(16)6-7-12(17)18/h2-5H,6-8H2,1H3,(H,17,18)(H2,14,15,20). The number of carboxylic acids is 1. The number of Topliss-reactive ketones (excluding diaryl/α,β-unsaturated/α-hetero) is 1. The van der Waals surface area contributed by atoms with Crippen LogP contribution in [-0.4, -0.2) is 35.6 Å². The molecular weight excluding hydrogens is 280 g/mol. The van der Waals surface area contributed by atoms with Gasteiger partial charge in [0.1, 0.15) is 5.75 Å². The van der Waals surface area contributed by atoms with Crippen LogP contribution in [0.4, 0.5) is 5.69 Å². The van der Waals surface area contributed by atoms with E-state index >= 15 is 0 Å². The van der Waals surface area contributed by atoms with Crippen LogP contribution in [0.1, 0.15) is 12.8 Å². The number of nitrogens with one attached hydrogen (secondary N) is 2. The number of aliphatic carboxylic acids is 1. The molecule has 7 heteroatoms. The van der Waals surface area contributed by atoms with Crippen molar-refractivity contribution < 1.29 is 19.4 Å². The Hall–Kier alpha value is -2.15. The maximum atomic E-state index is 11.4. The second kappa shape index (κ2) is 8.11. The van der Waals surface area contributed by atoms with Gasteiger partial charge in [-0.05, 0) is 24.4 Å². The van der Waals surface area contributed by atoms with Gasteiger partial charge >= 0.3 is 5.97 Å². The van der Waals surface area contributed by atoms with E-state index in [4.69, 9.17) is 22.1 Å². The summed E-state index contributed by atoms with van der Waals surface area (Å²) in [4.78, 5) is 21.7. The van der Waals surface area contributed by atoms with Gasteiger partial charge in [-0.1, -0.05) is 12.1 Å². The molecule has 0 heterocycles. The van der Waals surface area contributed by atoms with Gasteiger partial charge in [-0.3, -0.25) is 9.59 Å². The zero-order valence-electron chi connectivity index (χ0n) is 11.0. The molecule has 0 aliphatic heterocycles. The van der Waals surface area contributed by atoms with Crippen molar-refractivity contribution in [3.63, 3.8) is 0 Å². The average molecular weight is 296 g/mol. The van der Waals surface area contributed by atoms with E-state index in [1.54, 1.807) is 19.2 Å². The van der Waals surface area contributed by atoms with Crippen molar-refractivity contribution in [1.82, 2.24) is 5.32 Å². The highest BCUT2D eigenvalue weighted by Crippen LogP contribution is 2.22. The molecule has 1 rings (SSSR count). The van der Waals surface area contributed by atoms with Crippen molar-refractivity contribution in [2.75, 3.05) is 19.0 Å². The summed E-state index contributed by atoms with van der Waals surface area (Å²) in [7, 11) is 1.55. The summed E-state index contributed by atoms with van der Waals surface area (Å²) in [5, 5.41) is 14.4. The molecule has 3 N–H and O–H groups in total. The number of rotatable bonds is 7. The van der Waals surface area contributed by atoms with Crippen molar-refractivity contribution in [2.24, 2.45) is 0 Å². The Bertz CT molecular complexity index is 505. The lowest BCUT2D eigenvalue weighted by atomic mass is 10.2. The molecule has 0 bridgehead atoms. The van der Waals surface area contributed by atoms with Gasteiger partial charge in [0.15, 0.2) is 10.9 Å². The van der Waals surface area contributed by atoms with E-state index in [1.165, 1.54) is 0 Å². The molecule has 0 unspecified atom stereocenters. The molecule has 0 fully saturated rings. The molecule has 0 aromatic heterocycles. The number of ether oxygens (including phenoxy) is 1. The van der Waals surface area contributed by atoms with Crippen LogP contribution in [0.15, 0.2) is 24.3 Å². The van der Waals surface area contributed by atoms with Crippen molar-refractivity contribution in [3.8, 4) is 5.75 Å². The van der Waals surface area contributed by atoms with Gasteiger partial charge in [0.05, 0.1) is 25.8 Å². The lowest BCUT2D eigenvalue weighted by Gasteiger charge is -2.12. The molecule has 0 aliphatic rings. The maximum Gasteiger partial charge on any atom is 0.303 e. The number of carbonyl (C=O) groups excluding carboxylic acids is 1. The summed E-state index contributed by atoms with van der Waals surface area (Å²) in [6, 6.07) is 7.23. The number of benzene rings is 1. The van der Waals surface area contributed by atoms with E-state index in [0.717, 1.165) is 0 Å². The number of hydrogen-bond acceptors (Lipinski definition) is 4. The minimum Gasteiger partial charge on any atom is -0.495 e. The molecule has 20 heavy (non-hydrogen) atoms. The molecule has 0 amide bonds. The Balaban J connectivity index is 2.40. The molecule has 1 aromatic carbocycles. The molecule has 0 spiro atoms. The Morgan fingerprint density at radius 1 is 1.30 bits per heavy atom. The summed E-state index contributed by atoms with van der Waals surface area (Å²) < 4.78 is 5.15. The molecule has 0 saturated heterocycles. The van der Waals surface area contributed by atoms with Gasteiger partial charge in [-0.15, -0.1) is 0 Å². The minimum atomic E-state index is -0.993. The van der Waals surface area contributed by atoms with Crippen LogP contribution in [-0.2, 0) is 9.59 Å². The largest absolute Gasteiger partial charge is 0.495 e. The highest BCUT2D eigenvalue weighted by molar-refractivity contribution is 7.80. The zero-order chi connectivity index (χ0) is 15.0. The molecular formula is C13H16N2O4S. The molecule has 0 radical (unpaired) electrons. The maximum absolute atomic E-state index is 11.4. The second-order valence-corrected chi connectivity index (χ2v) is 4.35. The smallest absolute Gasteiger partial charge is 0.303 e. The first-order valence-corrected chi connectivity index (χ1v) is 6.35. The van der Waals surface area contributed by atoms with E-state index in [1.807, 2.05) is 12.1 Å². The van der Waals surface area contributed by atoms with Gasteiger partial charge in [-0.25, -0.2) is 0 Å². The highest BCUT2D eigenvalue weighted by atomic mass is 32.1. The lowest BCUT2D eigenvalue weighted by molar-refractivity contribution is -0.138. The number of methoxy groups -OCH3 is 1. The number of ketones is 1. The first-order chi connectivity index (χ1) is 9.52. The van der Waals surface area contributed by atoms with Gasteiger partial charge in [0.25, 0.3) is 0 Å². The van der Waals surface area contributed by atoms with Crippen LogP contribution in [0.25, 0.3) is 0 Å². The van der Waals surface area contributed by atoms with Crippen LogP contribution < -0.4 is 15.4 Å². The minimum absolute atomic E-state index is 0.00569. The Kier molecular flexibility index (Phi) is 6.45. The normalized spacial score (nSPS) is 9.65. The molecule has 0 saturated carbocycles. The predicted molar refractivity (Wildman–Crippen MR) is 79.1 cm³/mol. The Morgan fingerprint density at radius 3 is 2.65 bits per heavy atom. The third-order valence-electron chi connectivity index (χ3n) is 2.42. The molecule has 6 nitrogen and oxygen atoms in total. The SMILES string of the molecule is COc1ccccc1NC(=S)NCC(=O)CCC(=O)O. The van der Waals surface area contributed by atoms with E-state index < -0.39 is 5.97 Å². The quantitative estimate of drug-likeness (QED) is 0.656. The Morgan fingerprint density at radius 2 is 2.00 bits per heavy atom. The number of thiocarbonyl (C=S) groups is 1. The number of anilines is 1. The molecule has 108 valence electrons. The summed E-state index contributed by atoms with van der Waals surface area (Å²) >= 11 is 5.05. The second-order valence-electron chi connectivity index (χ2n) is 3.94. The average Bonchev–Trinajstić information content (AvgIpc) is 2.43. The number of carboxylic acid groups (broad SMARTS) is 1. The molecule has 0 aliphatic carbocycles. The summed E-state index contributed by atoms with van der Waals surface area (Å²) in [5.41, 5.74) is 0.686. The first-order valence-electron chi connectivity index (χ1n) is 5.94. The van der Waals surface area contributed by atoms with Gasteiger partial charge in [0, 0.05) is 6.42 Å². The first kappa shape index (κ1) is 15.9. The van der Waals surface area contributed by atoms with Gasteiger partial charge in [0.2, 0.25) is 0 Å². The molecule has 1 aromatic rings. The van der Waals surface area contributed by atoms with Crippen LogP contribution in [0, 0.1) is 0 Å². The summed E-state index contributed by atoms with van der Waals surface area (Å²) in [5.74, 6) is -0.571. The van der Waals surface area contributed by atoms with Crippen LogP contribution in [0.5, 0.6) is 5.75 Å². The number of para-hydroxylation sites is 2. The van der Waals surface area contributed by atoms with E-state index in [0.29, 0.717) is 11.4 Å². The van der Waals surface area contributed by atoms with E-state index in [2.05, 4.69) is 10.6 Å². The van der Waals surface area contributed by atoms with Crippen molar-refractivity contribution in [3.05, 3.63) is 24.3 Å². The fourth-order valence-electron chi connectivity index (χ4n) is 1.43. The van der Waals surface area contributed by atoms with Gasteiger partial charge in [-0.2, -0.15) is 0 Å². The van der Waals surface area contributed by atoms with E-state index in [9.17, 15) is 9.59 Å². The number of hydrogen-bond donors (Lipinski definition) is 3. The zero-order valence-corrected chi connectivity index (χ0v) is 11.8. The fraction of sp³-hybridized carbons (Fsp3) is 0.308. The van der Waals surface area contributed by atoms with Crippen LogP contribution >= 0.6 is 12.2 Å². The van der Waals surface area contributed by atoms with Crippen LogP contribution in [0.3, 0.4) is 0 Å². The topological polar surface area (TPSA) is 87.7 Å². The van der Waals surface area contributed by atoms with E-state index in [-0.39, 0.29) is 30.3 Å². The highest BCUT2D eigenvalue weighted by Gasteiger charge is 2.07. The van der Waals surface area contributed by atoms with Gasteiger partial charge < -0.3 is 20.5 Å². The van der Waals surface area contributed by atoms with Crippen LogP contribution in [0.2, 0.25) is 0 Å². The fourth-order valence-corrected chi connectivity index (χ4v) is 1.61. The van der Waals surface area contributed by atoms with Crippen molar-refractivity contribution in [1.29, 1.82) is 0 Å². The lowest BCUT2D eigenvalue weighted by Crippen LogP contribution is -2.33. The van der Waals surface area contributed by atoms with Crippen molar-refractivity contribution >= 4 is 34.8 Å². The third kappa shape index (κ3) is 5.66. The Labute approximate surface area is 122 Å². The summed E-state index contributed by atoms with van der Waals surface area (Å²) in [6.07, 6.45) is -0.188. The third-order valence-corrected chi connectivity index (χ3v) is 2.67. The number of carbonyl (C=O) groups is 2. The summed E-state index contributed by atoms with van der Waals surface area (Å²) in [6.45, 7) is -0.00569.